The van der Waals surface area contributed by atoms with Crippen LogP contribution in [0.15, 0.2) is 53.6 Å². The van der Waals surface area contributed by atoms with Crippen molar-refractivity contribution in [2.75, 3.05) is 6.61 Å². The standard InChI is InChI=1S/C17H18N2O3/c1-2-11-22-16-6-4-3-5-14(16)12-18-19-17(21)13-7-9-15(20)10-8-13/h3-10,12,20H,2,11H2,1H3,(H,19,21)/b18-12-. The Hall–Kier alpha value is -2.82. The summed E-state index contributed by atoms with van der Waals surface area (Å²) in [4.78, 5) is 11.9. The molecule has 22 heavy (non-hydrogen) atoms. The van der Waals surface area contributed by atoms with E-state index in [4.69, 9.17) is 4.74 Å². The van der Waals surface area contributed by atoms with Crippen LogP contribution in [-0.2, 0) is 0 Å². The number of para-hydroxylation sites is 1. The van der Waals surface area contributed by atoms with Gasteiger partial charge in [0.2, 0.25) is 0 Å². The number of hydrogen-bond donors (Lipinski definition) is 2. The smallest absolute Gasteiger partial charge is 0.271 e. The van der Waals surface area contributed by atoms with Crippen LogP contribution in [0.25, 0.3) is 0 Å². The molecule has 0 bridgehead atoms. The van der Waals surface area contributed by atoms with Gasteiger partial charge in [0, 0.05) is 11.1 Å². The quantitative estimate of drug-likeness (QED) is 0.636. The molecule has 0 saturated heterocycles. The second-order valence-electron chi connectivity index (χ2n) is 4.63. The number of nitrogens with zero attached hydrogens (tertiary/aromatic N) is 1. The summed E-state index contributed by atoms with van der Waals surface area (Å²) in [5.41, 5.74) is 3.66. The molecule has 0 radical (unpaired) electrons. The summed E-state index contributed by atoms with van der Waals surface area (Å²) in [6.45, 7) is 2.67. The van der Waals surface area contributed by atoms with Crippen LogP contribution in [0.3, 0.4) is 0 Å². The first-order valence-electron chi connectivity index (χ1n) is 7.05. The molecule has 2 rings (SSSR count). The molecule has 5 heteroatoms. The topological polar surface area (TPSA) is 70.9 Å². The van der Waals surface area contributed by atoms with Crippen molar-refractivity contribution < 1.29 is 14.6 Å². The number of amides is 1. The summed E-state index contributed by atoms with van der Waals surface area (Å²) in [7, 11) is 0. The number of carbonyl (C=O) groups is 1. The van der Waals surface area contributed by atoms with Gasteiger partial charge in [0.15, 0.2) is 0 Å². The Labute approximate surface area is 129 Å². The molecule has 1 amide bonds. The van der Waals surface area contributed by atoms with Crippen LogP contribution < -0.4 is 10.2 Å². The lowest BCUT2D eigenvalue weighted by molar-refractivity contribution is 0.0955. The lowest BCUT2D eigenvalue weighted by atomic mass is 10.2. The lowest BCUT2D eigenvalue weighted by Crippen LogP contribution is -2.17. The van der Waals surface area contributed by atoms with Gasteiger partial charge in [0.05, 0.1) is 12.8 Å². The molecule has 0 aliphatic carbocycles. The molecule has 0 aliphatic rings. The Kier molecular flexibility index (Phi) is 5.54. The summed E-state index contributed by atoms with van der Waals surface area (Å²) >= 11 is 0. The first-order chi connectivity index (χ1) is 10.7. The lowest BCUT2D eigenvalue weighted by Gasteiger charge is -2.07. The number of phenolic OH excluding ortho intramolecular Hbond substituents is 1. The van der Waals surface area contributed by atoms with Gasteiger partial charge in [-0.25, -0.2) is 5.43 Å². The molecule has 114 valence electrons. The maximum atomic E-state index is 11.9. The number of aromatic hydroxyl groups is 1. The zero-order valence-electron chi connectivity index (χ0n) is 12.3. The van der Waals surface area contributed by atoms with E-state index in [-0.39, 0.29) is 11.7 Å². The molecule has 0 spiro atoms. The Balaban J connectivity index is 2.00. The van der Waals surface area contributed by atoms with Gasteiger partial charge in [-0.1, -0.05) is 19.1 Å². The maximum Gasteiger partial charge on any atom is 0.271 e. The van der Waals surface area contributed by atoms with Crippen molar-refractivity contribution in [3.63, 3.8) is 0 Å². The Morgan fingerprint density at radius 3 is 2.68 bits per heavy atom. The molecule has 0 aromatic heterocycles. The predicted molar refractivity (Wildman–Crippen MR) is 85.4 cm³/mol. The fourth-order valence-corrected chi connectivity index (χ4v) is 1.77. The average Bonchev–Trinajstić information content (AvgIpc) is 2.54. The van der Waals surface area contributed by atoms with Crippen molar-refractivity contribution >= 4 is 12.1 Å². The van der Waals surface area contributed by atoms with E-state index in [1.807, 2.05) is 31.2 Å². The van der Waals surface area contributed by atoms with Crippen molar-refractivity contribution in [3.8, 4) is 11.5 Å². The molecule has 2 aromatic rings. The summed E-state index contributed by atoms with van der Waals surface area (Å²) in [6.07, 6.45) is 2.46. The van der Waals surface area contributed by atoms with Crippen LogP contribution >= 0.6 is 0 Å². The van der Waals surface area contributed by atoms with Gasteiger partial charge >= 0.3 is 0 Å². The normalized spacial score (nSPS) is 10.6. The fraction of sp³-hybridized carbons (Fsp3) is 0.176. The van der Waals surface area contributed by atoms with Gasteiger partial charge < -0.3 is 9.84 Å². The summed E-state index contributed by atoms with van der Waals surface area (Å²) < 4.78 is 5.61. The van der Waals surface area contributed by atoms with Gasteiger partial charge in [-0.3, -0.25) is 4.79 Å². The van der Waals surface area contributed by atoms with E-state index >= 15 is 0 Å². The number of benzene rings is 2. The highest BCUT2D eigenvalue weighted by atomic mass is 16.5. The van der Waals surface area contributed by atoms with Crippen molar-refractivity contribution in [1.29, 1.82) is 0 Å². The number of nitrogens with one attached hydrogen (secondary N) is 1. The highest BCUT2D eigenvalue weighted by Gasteiger charge is 2.04. The van der Waals surface area contributed by atoms with Gasteiger partial charge in [-0.2, -0.15) is 5.10 Å². The van der Waals surface area contributed by atoms with Crippen LogP contribution in [0.2, 0.25) is 0 Å². The van der Waals surface area contributed by atoms with Crippen LogP contribution in [0, 0.1) is 0 Å². The molecule has 2 N–H and O–H groups in total. The average molecular weight is 298 g/mol. The van der Waals surface area contributed by atoms with Crippen LogP contribution in [0.4, 0.5) is 0 Å². The van der Waals surface area contributed by atoms with Gasteiger partial charge in [0.25, 0.3) is 5.91 Å². The Morgan fingerprint density at radius 1 is 1.23 bits per heavy atom. The van der Waals surface area contributed by atoms with Gasteiger partial charge in [0.1, 0.15) is 11.5 Å². The SMILES string of the molecule is CCCOc1ccccc1/C=N\NC(=O)c1ccc(O)cc1. The summed E-state index contributed by atoms with van der Waals surface area (Å²) in [6, 6.07) is 13.4. The summed E-state index contributed by atoms with van der Waals surface area (Å²) in [5, 5.41) is 13.1. The second-order valence-corrected chi connectivity index (χ2v) is 4.63. The molecule has 0 unspecified atom stereocenters. The zero-order chi connectivity index (χ0) is 15.8. The molecular weight excluding hydrogens is 280 g/mol. The highest BCUT2D eigenvalue weighted by molar-refractivity contribution is 5.95. The van der Waals surface area contributed by atoms with Crippen LogP contribution in [0.5, 0.6) is 11.5 Å². The van der Waals surface area contributed by atoms with E-state index in [1.54, 1.807) is 6.21 Å². The molecule has 5 nitrogen and oxygen atoms in total. The molecule has 0 saturated carbocycles. The minimum Gasteiger partial charge on any atom is -0.508 e. The van der Waals surface area contributed by atoms with Gasteiger partial charge in [-0.05, 0) is 42.8 Å². The monoisotopic (exact) mass is 298 g/mol. The number of carbonyl (C=O) groups excluding carboxylic acids is 1. The summed E-state index contributed by atoms with van der Waals surface area (Å²) in [5.74, 6) is 0.497. The minimum absolute atomic E-state index is 0.113. The Bertz CT molecular complexity index is 651. The number of hydrogen-bond acceptors (Lipinski definition) is 4. The van der Waals surface area contributed by atoms with Crippen LogP contribution in [0.1, 0.15) is 29.3 Å². The van der Waals surface area contributed by atoms with Crippen molar-refractivity contribution in [3.05, 3.63) is 59.7 Å². The maximum absolute atomic E-state index is 11.9. The molecule has 2 aromatic carbocycles. The molecular formula is C17H18N2O3. The highest BCUT2D eigenvalue weighted by Crippen LogP contribution is 2.16. The van der Waals surface area contributed by atoms with Crippen LogP contribution in [-0.4, -0.2) is 23.8 Å². The minimum atomic E-state index is -0.344. The number of rotatable bonds is 6. The first-order valence-corrected chi connectivity index (χ1v) is 7.05. The fourth-order valence-electron chi connectivity index (χ4n) is 1.77. The molecule has 0 aliphatic heterocycles. The third-order valence-corrected chi connectivity index (χ3v) is 2.88. The molecule has 0 fully saturated rings. The third-order valence-electron chi connectivity index (χ3n) is 2.88. The van der Waals surface area contributed by atoms with Gasteiger partial charge in [-0.15, -0.1) is 0 Å². The third kappa shape index (κ3) is 4.34. The van der Waals surface area contributed by atoms with E-state index in [1.165, 1.54) is 24.3 Å². The number of ether oxygens (including phenoxy) is 1. The molecule has 0 heterocycles. The van der Waals surface area contributed by atoms with E-state index < -0.39 is 0 Å². The number of phenols is 1. The van der Waals surface area contributed by atoms with Crippen molar-refractivity contribution in [1.82, 2.24) is 5.43 Å². The van der Waals surface area contributed by atoms with E-state index in [2.05, 4.69) is 10.5 Å². The van der Waals surface area contributed by atoms with E-state index in [0.717, 1.165) is 17.7 Å². The zero-order valence-corrected chi connectivity index (χ0v) is 12.3. The largest absolute Gasteiger partial charge is 0.508 e. The van der Waals surface area contributed by atoms with Crippen molar-refractivity contribution in [2.45, 2.75) is 13.3 Å². The first kappa shape index (κ1) is 15.6. The number of hydrazone groups is 1. The van der Waals surface area contributed by atoms with E-state index in [0.29, 0.717) is 12.2 Å². The predicted octanol–water partition coefficient (Wildman–Crippen LogP) is 2.94. The van der Waals surface area contributed by atoms with Crippen molar-refractivity contribution in [2.24, 2.45) is 5.10 Å². The Morgan fingerprint density at radius 2 is 1.95 bits per heavy atom. The molecule has 0 atom stereocenters. The van der Waals surface area contributed by atoms with E-state index in [9.17, 15) is 9.90 Å². The second kappa shape index (κ2) is 7.83.